The normalized spacial score (nSPS) is 15.8. The molecule has 4 rings (SSSR count). The third-order valence-electron chi connectivity index (χ3n) is 5.69. The Morgan fingerprint density at radius 1 is 1.19 bits per heavy atom. The number of methoxy groups -OCH3 is 2. The highest BCUT2D eigenvalue weighted by Gasteiger charge is 2.16. The summed E-state index contributed by atoms with van der Waals surface area (Å²) >= 11 is 0. The second kappa shape index (κ2) is 12.2. The highest BCUT2D eigenvalue weighted by molar-refractivity contribution is 6.06. The molecule has 0 saturated carbocycles. The molecule has 12 nitrogen and oxygen atoms in total. The van der Waals surface area contributed by atoms with E-state index in [2.05, 4.69) is 30.6 Å². The van der Waals surface area contributed by atoms with Crippen LogP contribution in [-0.4, -0.2) is 97.2 Å². The van der Waals surface area contributed by atoms with E-state index in [0.717, 1.165) is 0 Å². The van der Waals surface area contributed by atoms with Crippen LogP contribution in [0.25, 0.3) is 11.0 Å². The minimum absolute atomic E-state index is 0.0716. The van der Waals surface area contributed by atoms with Gasteiger partial charge in [-0.1, -0.05) is 0 Å². The van der Waals surface area contributed by atoms with Crippen molar-refractivity contribution in [2.45, 2.75) is 6.42 Å². The first-order valence-electron chi connectivity index (χ1n) is 11.7. The number of carbonyl (C=O) groups is 1. The molecule has 0 atom stereocenters. The SMILES string of the molecule is COCCN1CCCOc2cc(ccc2OC)N=Cc2c(O)[nH]c3ncnc(c23)NCCNC(=O)C1. The molecule has 0 radical (unpaired) electrons. The Morgan fingerprint density at radius 2 is 2.06 bits per heavy atom. The lowest BCUT2D eigenvalue weighted by Gasteiger charge is -2.21. The fourth-order valence-corrected chi connectivity index (χ4v) is 3.89. The second-order valence-corrected chi connectivity index (χ2v) is 8.17. The predicted molar refractivity (Wildman–Crippen MR) is 136 cm³/mol. The quantitative estimate of drug-likeness (QED) is 0.423. The molecule has 0 aliphatic carbocycles. The molecule has 0 fully saturated rings. The van der Waals surface area contributed by atoms with Gasteiger partial charge >= 0.3 is 0 Å². The van der Waals surface area contributed by atoms with E-state index in [1.807, 2.05) is 4.90 Å². The van der Waals surface area contributed by atoms with Gasteiger partial charge in [-0.3, -0.25) is 14.7 Å². The molecule has 0 spiro atoms. The smallest absolute Gasteiger partial charge is 0.234 e. The molecule has 2 bridgehead atoms. The molecule has 4 N–H and O–H groups in total. The lowest BCUT2D eigenvalue weighted by molar-refractivity contribution is -0.122. The van der Waals surface area contributed by atoms with Crippen LogP contribution in [0.4, 0.5) is 11.5 Å². The highest BCUT2D eigenvalue weighted by atomic mass is 16.5. The zero-order valence-electron chi connectivity index (χ0n) is 20.4. The van der Waals surface area contributed by atoms with E-state index in [0.29, 0.717) is 85.4 Å². The van der Waals surface area contributed by atoms with Gasteiger partial charge in [-0.25, -0.2) is 9.97 Å². The van der Waals surface area contributed by atoms with Crippen molar-refractivity contribution in [3.05, 3.63) is 30.1 Å². The number of nitrogens with one attached hydrogen (secondary N) is 3. The Balaban J connectivity index is 1.64. The van der Waals surface area contributed by atoms with Crippen LogP contribution in [0, 0.1) is 0 Å². The van der Waals surface area contributed by atoms with E-state index in [1.54, 1.807) is 38.6 Å². The average Bonchev–Trinajstić information content (AvgIpc) is 3.21. The first-order valence-corrected chi connectivity index (χ1v) is 11.7. The number of benzene rings is 1. The molecule has 1 amide bonds. The minimum atomic E-state index is -0.0824. The number of aliphatic imine (C=N–C) groups is 1. The van der Waals surface area contributed by atoms with E-state index in [9.17, 15) is 9.90 Å². The van der Waals surface area contributed by atoms with E-state index < -0.39 is 0 Å². The molecule has 1 aromatic carbocycles. The van der Waals surface area contributed by atoms with Crippen molar-refractivity contribution < 1.29 is 24.1 Å². The first kappa shape index (κ1) is 25.2. The summed E-state index contributed by atoms with van der Waals surface area (Å²) in [5, 5.41) is 17.2. The molecule has 36 heavy (non-hydrogen) atoms. The van der Waals surface area contributed by atoms with Gasteiger partial charge in [-0.15, -0.1) is 0 Å². The number of fused-ring (bicyclic) bond motifs is 2. The van der Waals surface area contributed by atoms with Gasteiger partial charge in [0.2, 0.25) is 5.91 Å². The fourth-order valence-electron chi connectivity index (χ4n) is 3.89. The molecule has 3 aromatic rings. The van der Waals surface area contributed by atoms with Gasteiger partial charge in [-0.05, 0) is 18.6 Å². The number of H-pyrrole nitrogens is 1. The van der Waals surface area contributed by atoms with Crippen molar-refractivity contribution in [2.75, 3.05) is 65.5 Å². The maximum absolute atomic E-state index is 12.5. The second-order valence-electron chi connectivity index (χ2n) is 8.17. The van der Waals surface area contributed by atoms with Gasteiger partial charge < -0.3 is 34.9 Å². The van der Waals surface area contributed by atoms with E-state index in [-0.39, 0.29) is 18.3 Å². The van der Waals surface area contributed by atoms with E-state index in [1.165, 1.54) is 6.33 Å². The lowest BCUT2D eigenvalue weighted by atomic mass is 10.2. The number of aromatic amines is 1. The molecule has 3 heterocycles. The number of carbonyl (C=O) groups excluding carboxylic acids is 1. The van der Waals surface area contributed by atoms with Crippen LogP contribution >= 0.6 is 0 Å². The predicted octanol–water partition coefficient (Wildman–Crippen LogP) is 1.68. The Hall–Kier alpha value is -3.90. The van der Waals surface area contributed by atoms with Crippen molar-refractivity contribution in [3.63, 3.8) is 0 Å². The molecule has 1 aliphatic heterocycles. The van der Waals surface area contributed by atoms with Gasteiger partial charge in [0.05, 0.1) is 43.5 Å². The van der Waals surface area contributed by atoms with E-state index in [4.69, 9.17) is 14.2 Å². The average molecular weight is 498 g/mol. The maximum atomic E-state index is 12.5. The Kier molecular flexibility index (Phi) is 8.53. The van der Waals surface area contributed by atoms with Gasteiger partial charge in [0.15, 0.2) is 17.4 Å². The van der Waals surface area contributed by atoms with Crippen molar-refractivity contribution in [3.8, 4) is 17.4 Å². The summed E-state index contributed by atoms with van der Waals surface area (Å²) < 4.78 is 16.6. The number of hydrogen-bond acceptors (Lipinski definition) is 10. The summed E-state index contributed by atoms with van der Waals surface area (Å²) in [6.45, 7) is 3.35. The maximum Gasteiger partial charge on any atom is 0.234 e. The number of aromatic nitrogens is 3. The number of hydrogen-bond donors (Lipinski definition) is 4. The number of rotatable bonds is 4. The third kappa shape index (κ3) is 6.20. The van der Waals surface area contributed by atoms with E-state index >= 15 is 0 Å². The van der Waals surface area contributed by atoms with Crippen LogP contribution in [-0.2, 0) is 9.53 Å². The standard InChI is InChI=1S/C24H31N7O5/c1-34-11-9-31-8-3-10-36-19-12-16(4-5-18(19)35-2)27-13-17-21-22(26-7-6-25-20(32)14-31)28-15-29-23(21)30-24(17)33/h4-5,12-13,15,33H,3,6-11,14H2,1-2H3,(H,25,32)(H2,26,28,29,30). The molecule has 0 unspecified atom stereocenters. The van der Waals surface area contributed by atoms with Crippen molar-refractivity contribution in [1.29, 1.82) is 0 Å². The summed E-state index contributed by atoms with van der Waals surface area (Å²) in [6, 6.07) is 5.36. The Morgan fingerprint density at radius 3 is 2.89 bits per heavy atom. The van der Waals surface area contributed by atoms with Crippen LogP contribution < -0.4 is 20.1 Å². The summed E-state index contributed by atoms with van der Waals surface area (Å²) in [5.41, 5.74) is 1.54. The largest absolute Gasteiger partial charge is 0.494 e. The van der Waals surface area contributed by atoms with Crippen molar-refractivity contribution >= 4 is 34.7 Å². The Bertz CT molecular complexity index is 1210. The van der Waals surface area contributed by atoms with Crippen molar-refractivity contribution in [1.82, 2.24) is 25.2 Å². The molecule has 1 aliphatic rings. The zero-order valence-corrected chi connectivity index (χ0v) is 20.4. The third-order valence-corrected chi connectivity index (χ3v) is 5.69. The molecular formula is C24H31N7O5. The van der Waals surface area contributed by atoms with Crippen LogP contribution in [0.3, 0.4) is 0 Å². The number of ether oxygens (including phenoxy) is 3. The zero-order chi connectivity index (χ0) is 25.3. The van der Waals surface area contributed by atoms with Gasteiger partial charge in [0.25, 0.3) is 0 Å². The van der Waals surface area contributed by atoms with Crippen LogP contribution in [0.1, 0.15) is 12.0 Å². The fraction of sp³-hybridized carbons (Fsp3) is 0.417. The number of aromatic hydroxyl groups is 1. The number of nitrogens with zero attached hydrogens (tertiary/aromatic N) is 4. The van der Waals surface area contributed by atoms with Crippen molar-refractivity contribution in [2.24, 2.45) is 4.99 Å². The highest BCUT2D eigenvalue weighted by Crippen LogP contribution is 2.33. The molecule has 192 valence electrons. The molecular weight excluding hydrogens is 466 g/mol. The lowest BCUT2D eigenvalue weighted by Crippen LogP contribution is -2.41. The summed E-state index contributed by atoms with van der Waals surface area (Å²) in [7, 11) is 3.22. The summed E-state index contributed by atoms with van der Waals surface area (Å²) in [4.78, 5) is 30.5. The van der Waals surface area contributed by atoms with Crippen LogP contribution in [0.5, 0.6) is 17.4 Å². The molecule has 2 aromatic heterocycles. The summed E-state index contributed by atoms with van der Waals surface area (Å²) in [5.74, 6) is 1.51. The number of anilines is 1. The van der Waals surface area contributed by atoms with Crippen LogP contribution in [0.15, 0.2) is 29.5 Å². The van der Waals surface area contributed by atoms with Gasteiger partial charge in [-0.2, -0.15) is 0 Å². The van der Waals surface area contributed by atoms with Crippen LogP contribution in [0.2, 0.25) is 0 Å². The van der Waals surface area contributed by atoms with Gasteiger partial charge in [0.1, 0.15) is 17.8 Å². The Labute approximate surface area is 208 Å². The summed E-state index contributed by atoms with van der Waals surface area (Å²) in [6.07, 6.45) is 3.66. The molecule has 12 heteroatoms. The first-order chi connectivity index (χ1) is 17.6. The monoisotopic (exact) mass is 497 g/mol. The number of amides is 1. The van der Waals surface area contributed by atoms with Gasteiger partial charge in [0, 0.05) is 45.6 Å². The minimum Gasteiger partial charge on any atom is -0.494 e. The molecule has 0 saturated heterocycles. The topological polar surface area (TPSA) is 146 Å².